The Labute approximate surface area is 231 Å². The van der Waals surface area contributed by atoms with Gasteiger partial charge in [0.1, 0.15) is 36.4 Å². The summed E-state index contributed by atoms with van der Waals surface area (Å²) in [4.78, 5) is 45.3. The quantitative estimate of drug-likeness (QED) is 0.388. The van der Waals surface area contributed by atoms with Crippen LogP contribution in [0.1, 0.15) is 24.0 Å². The first-order valence-electron chi connectivity index (χ1n) is 11.9. The molecule has 1 aliphatic heterocycles. The predicted molar refractivity (Wildman–Crippen MR) is 139 cm³/mol. The van der Waals surface area contributed by atoms with Crippen LogP contribution in [0, 0.1) is 11.6 Å². The number of amides is 3. The summed E-state index contributed by atoms with van der Waals surface area (Å²) in [6, 6.07) is 9.21. The molecule has 0 bridgehead atoms. The Kier molecular flexibility index (Phi) is 7.52. The van der Waals surface area contributed by atoms with E-state index in [4.69, 9.17) is 11.6 Å². The third kappa shape index (κ3) is 6.02. The molecule has 13 heteroatoms. The Hall–Kier alpha value is -3.61. The molecule has 1 saturated carbocycles. The summed E-state index contributed by atoms with van der Waals surface area (Å²) in [7, 11) is 0. The second-order valence-corrected chi connectivity index (χ2v) is 10.8. The highest BCUT2D eigenvalue weighted by molar-refractivity contribution is 8.18. The number of rotatable bonds is 9. The van der Waals surface area contributed by atoms with Crippen LogP contribution in [0.5, 0.6) is 0 Å². The average molecular weight is 574 g/mol. The third-order valence-electron chi connectivity index (χ3n) is 6.40. The van der Waals surface area contributed by atoms with Gasteiger partial charge in [0.15, 0.2) is 0 Å². The van der Waals surface area contributed by atoms with Gasteiger partial charge in [-0.1, -0.05) is 29.8 Å². The van der Waals surface area contributed by atoms with Crippen molar-refractivity contribution in [1.29, 1.82) is 0 Å². The number of imide groups is 1. The lowest BCUT2D eigenvalue weighted by molar-refractivity contribution is -0.140. The van der Waals surface area contributed by atoms with E-state index in [0.717, 1.165) is 17.0 Å². The first-order chi connectivity index (χ1) is 18.6. The highest BCUT2D eigenvalue weighted by Crippen LogP contribution is 2.36. The van der Waals surface area contributed by atoms with Crippen LogP contribution in [0.4, 0.5) is 13.6 Å². The minimum Gasteiger partial charge on any atom is -0.381 e. The number of nitrogens with zero attached hydrogens (tertiary/aromatic N) is 5. The summed E-state index contributed by atoms with van der Waals surface area (Å²) in [5.74, 6) is -3.02. The largest absolute Gasteiger partial charge is 0.381 e. The van der Waals surface area contributed by atoms with Crippen LogP contribution in [-0.2, 0) is 21.7 Å². The minimum absolute atomic E-state index is 0.157. The standard InChI is InChI=1S/C26H22ClF2N5O4S/c27-17-3-1-16(2-4-17)9-22-24(36)33(25(37)39-22)11-23(35)34(19-6-7-19)13-26(38,12-32-15-30-14-31-32)20-8-5-18(28)10-21(20)29/h1-5,8-10,14-15,19,38H,6-7,11-13H2. The fraction of sp³-hybridized carbons (Fsp3) is 0.269. The topological polar surface area (TPSA) is 109 Å². The van der Waals surface area contributed by atoms with Crippen LogP contribution in [0.2, 0.25) is 5.02 Å². The van der Waals surface area contributed by atoms with Crippen molar-refractivity contribution in [3.05, 3.63) is 87.8 Å². The summed E-state index contributed by atoms with van der Waals surface area (Å²) < 4.78 is 29.8. The summed E-state index contributed by atoms with van der Waals surface area (Å²) >= 11 is 6.62. The van der Waals surface area contributed by atoms with Crippen molar-refractivity contribution in [2.24, 2.45) is 0 Å². The number of carbonyl (C=O) groups excluding carboxylic acids is 3. The molecule has 2 heterocycles. The van der Waals surface area contributed by atoms with Crippen molar-refractivity contribution >= 4 is 46.5 Å². The van der Waals surface area contributed by atoms with E-state index in [2.05, 4.69) is 10.1 Å². The maximum atomic E-state index is 14.9. The van der Waals surface area contributed by atoms with Crippen LogP contribution in [-0.4, -0.2) is 65.9 Å². The van der Waals surface area contributed by atoms with Gasteiger partial charge in [-0.05, 0) is 54.4 Å². The predicted octanol–water partition coefficient (Wildman–Crippen LogP) is 3.83. The minimum atomic E-state index is -2.02. The van der Waals surface area contributed by atoms with Crippen molar-refractivity contribution in [2.75, 3.05) is 13.1 Å². The van der Waals surface area contributed by atoms with Gasteiger partial charge in [0, 0.05) is 22.7 Å². The highest BCUT2D eigenvalue weighted by atomic mass is 35.5. The zero-order chi connectivity index (χ0) is 27.7. The van der Waals surface area contributed by atoms with E-state index in [1.165, 1.54) is 22.2 Å². The number of aliphatic hydroxyl groups is 1. The maximum Gasteiger partial charge on any atom is 0.294 e. The van der Waals surface area contributed by atoms with Crippen LogP contribution in [0.3, 0.4) is 0 Å². The number of aromatic nitrogens is 3. The van der Waals surface area contributed by atoms with E-state index in [1.54, 1.807) is 30.3 Å². The van der Waals surface area contributed by atoms with Gasteiger partial charge in [-0.25, -0.2) is 18.4 Å². The van der Waals surface area contributed by atoms with Gasteiger partial charge in [0.2, 0.25) is 5.91 Å². The molecule has 5 rings (SSSR count). The fourth-order valence-electron chi connectivity index (χ4n) is 4.33. The lowest BCUT2D eigenvalue weighted by Gasteiger charge is -2.35. The van der Waals surface area contributed by atoms with Crippen LogP contribution in [0.15, 0.2) is 60.0 Å². The van der Waals surface area contributed by atoms with Gasteiger partial charge in [-0.2, -0.15) is 5.10 Å². The van der Waals surface area contributed by atoms with Crippen molar-refractivity contribution in [1.82, 2.24) is 24.6 Å². The normalized spacial score (nSPS) is 18.1. The van der Waals surface area contributed by atoms with E-state index in [-0.39, 0.29) is 29.6 Å². The Bertz CT molecular complexity index is 1450. The van der Waals surface area contributed by atoms with Crippen molar-refractivity contribution in [3.63, 3.8) is 0 Å². The molecule has 3 amide bonds. The molecule has 1 unspecified atom stereocenters. The van der Waals surface area contributed by atoms with Gasteiger partial charge in [-0.3, -0.25) is 19.3 Å². The molecule has 39 heavy (non-hydrogen) atoms. The smallest absolute Gasteiger partial charge is 0.294 e. The summed E-state index contributed by atoms with van der Waals surface area (Å²) in [6.07, 6.45) is 5.37. The molecule has 2 fully saturated rings. The average Bonchev–Trinajstić information content (AvgIpc) is 3.55. The molecule has 2 aromatic carbocycles. The first kappa shape index (κ1) is 27.0. The van der Waals surface area contributed by atoms with E-state index < -0.39 is 40.8 Å². The number of halogens is 3. The van der Waals surface area contributed by atoms with Gasteiger partial charge >= 0.3 is 0 Å². The molecule has 1 aliphatic carbocycles. The summed E-state index contributed by atoms with van der Waals surface area (Å²) in [5, 5.41) is 15.6. The molecule has 2 aliphatic rings. The van der Waals surface area contributed by atoms with Crippen molar-refractivity contribution in [3.8, 4) is 0 Å². The SMILES string of the molecule is O=C1SC(=Cc2ccc(Cl)cc2)C(=O)N1CC(=O)N(CC(O)(Cn1cncn1)c1ccc(F)cc1F)C1CC1. The Morgan fingerprint density at radius 2 is 1.95 bits per heavy atom. The summed E-state index contributed by atoms with van der Waals surface area (Å²) in [5.41, 5.74) is -1.58. The molecule has 1 aromatic heterocycles. The molecule has 9 nitrogen and oxygen atoms in total. The fourth-order valence-corrected chi connectivity index (χ4v) is 5.30. The molecule has 1 saturated heterocycles. The molecule has 0 radical (unpaired) electrons. The number of carbonyl (C=O) groups is 3. The van der Waals surface area contributed by atoms with E-state index in [1.807, 2.05) is 0 Å². The maximum absolute atomic E-state index is 14.9. The van der Waals surface area contributed by atoms with E-state index in [0.29, 0.717) is 41.3 Å². The molecule has 3 aromatic rings. The Balaban J connectivity index is 1.38. The Morgan fingerprint density at radius 3 is 2.59 bits per heavy atom. The highest BCUT2D eigenvalue weighted by Gasteiger charge is 2.44. The van der Waals surface area contributed by atoms with Crippen LogP contribution >= 0.6 is 23.4 Å². The zero-order valence-electron chi connectivity index (χ0n) is 20.3. The number of hydrogen-bond donors (Lipinski definition) is 1. The molecular weight excluding hydrogens is 552 g/mol. The van der Waals surface area contributed by atoms with Crippen LogP contribution < -0.4 is 0 Å². The third-order valence-corrected chi connectivity index (χ3v) is 7.56. The molecule has 1 atom stereocenters. The molecule has 1 N–H and O–H groups in total. The van der Waals surface area contributed by atoms with Gasteiger partial charge < -0.3 is 10.0 Å². The van der Waals surface area contributed by atoms with Gasteiger partial charge in [0.25, 0.3) is 11.1 Å². The second-order valence-electron chi connectivity index (χ2n) is 9.32. The van der Waals surface area contributed by atoms with Gasteiger partial charge in [0.05, 0.1) is 18.0 Å². The van der Waals surface area contributed by atoms with E-state index in [9.17, 15) is 28.3 Å². The molecule has 202 valence electrons. The summed E-state index contributed by atoms with van der Waals surface area (Å²) in [6.45, 7) is -1.21. The van der Waals surface area contributed by atoms with Crippen molar-refractivity contribution < 1.29 is 28.3 Å². The van der Waals surface area contributed by atoms with Crippen molar-refractivity contribution in [2.45, 2.75) is 31.0 Å². The Morgan fingerprint density at radius 1 is 1.21 bits per heavy atom. The van der Waals surface area contributed by atoms with Gasteiger partial charge in [-0.15, -0.1) is 0 Å². The van der Waals surface area contributed by atoms with E-state index >= 15 is 0 Å². The molecule has 0 spiro atoms. The molecular formula is C26H22ClF2N5O4S. The lowest BCUT2D eigenvalue weighted by atomic mass is 9.92. The van der Waals surface area contributed by atoms with Crippen LogP contribution in [0.25, 0.3) is 6.08 Å². The monoisotopic (exact) mass is 573 g/mol. The lowest BCUT2D eigenvalue weighted by Crippen LogP contribution is -2.50. The first-order valence-corrected chi connectivity index (χ1v) is 13.1. The number of thioether (sulfide) groups is 1. The number of hydrogen-bond acceptors (Lipinski definition) is 7. The zero-order valence-corrected chi connectivity index (χ0v) is 21.9. The second kappa shape index (κ2) is 10.9. The number of benzene rings is 2.